The van der Waals surface area contributed by atoms with E-state index in [-0.39, 0.29) is 54.7 Å². The number of nitrogens with zero attached hydrogens (tertiary/aromatic N) is 1. The number of fused-ring (bicyclic) bond motifs is 3. The summed E-state index contributed by atoms with van der Waals surface area (Å²) in [5, 5.41) is 5.41. The summed E-state index contributed by atoms with van der Waals surface area (Å²) in [4.78, 5) is 75.0. The molecule has 288 valence electrons. The molecule has 3 N–H and O–H groups in total. The molecule has 0 spiro atoms. The molecule has 0 saturated carbocycles. The van der Waals surface area contributed by atoms with Gasteiger partial charge in [0.25, 0.3) is 5.56 Å². The van der Waals surface area contributed by atoms with Crippen LogP contribution in [0.4, 0.5) is 4.39 Å². The number of unbranched alkanes of at least 4 members (excludes halogenated alkanes) is 3. The number of aromatic nitrogens is 2. The number of carbonyl (C=O) groups is 4. The molecule has 2 aliphatic heterocycles. The molecule has 0 unspecified atom stereocenters. The molecule has 1 saturated heterocycles. The van der Waals surface area contributed by atoms with Crippen LogP contribution in [0.3, 0.4) is 0 Å². The van der Waals surface area contributed by atoms with E-state index in [1.165, 1.54) is 14.2 Å². The first-order valence-electron chi connectivity index (χ1n) is 17.6. The number of amides is 2. The molecule has 0 radical (unpaired) electrons. The lowest BCUT2D eigenvalue weighted by Gasteiger charge is -2.34. The number of cyclic esters (lactones) is 1. The van der Waals surface area contributed by atoms with Crippen LogP contribution in [0, 0.1) is 17.7 Å². The Morgan fingerprint density at radius 1 is 0.889 bits per heavy atom. The lowest BCUT2D eigenvalue weighted by Crippen LogP contribution is -2.37. The van der Waals surface area contributed by atoms with E-state index in [0.717, 1.165) is 28.5 Å². The minimum Gasteiger partial charge on any atom is -0.493 e. The molecule has 2 aromatic carbocycles. The van der Waals surface area contributed by atoms with Gasteiger partial charge in [-0.25, -0.2) is 4.79 Å². The Bertz CT molecular complexity index is 2020. The smallest absolute Gasteiger partial charge is 0.328 e. The lowest BCUT2D eigenvalue weighted by atomic mass is 9.67. The largest absolute Gasteiger partial charge is 0.493 e. The second-order valence-corrected chi connectivity index (χ2v) is 13.2. The van der Waals surface area contributed by atoms with E-state index in [1.807, 2.05) is 12.1 Å². The van der Waals surface area contributed by atoms with Crippen LogP contribution in [0.25, 0.3) is 0 Å². The average Bonchev–Trinajstić information content (AvgIpc) is 3.77. The van der Waals surface area contributed by atoms with Gasteiger partial charge in [-0.1, -0.05) is 12.8 Å². The zero-order chi connectivity index (χ0) is 38.4. The van der Waals surface area contributed by atoms with Gasteiger partial charge in [-0.05, 0) is 60.2 Å². The molecule has 0 bridgehead atoms. The number of rotatable bonds is 16. The van der Waals surface area contributed by atoms with Crippen molar-refractivity contribution in [2.75, 3.05) is 40.7 Å². The Morgan fingerprint density at radius 3 is 2.24 bits per heavy atom. The van der Waals surface area contributed by atoms with Crippen LogP contribution in [0.15, 0.2) is 40.1 Å². The fourth-order valence-electron chi connectivity index (χ4n) is 7.02. The van der Waals surface area contributed by atoms with E-state index in [0.29, 0.717) is 62.2 Å². The molecule has 3 heterocycles. The number of hydrogen-bond acceptors (Lipinski definition) is 12. The highest BCUT2D eigenvalue weighted by Gasteiger charge is 2.48. The molecule has 1 fully saturated rings. The van der Waals surface area contributed by atoms with Crippen molar-refractivity contribution in [3.05, 3.63) is 73.8 Å². The topological polar surface area (TPSA) is 203 Å². The van der Waals surface area contributed by atoms with Gasteiger partial charge in [-0.3, -0.25) is 33.5 Å². The Kier molecular flexibility index (Phi) is 11.8. The number of aromatic amines is 1. The molecule has 3 aliphatic rings. The van der Waals surface area contributed by atoms with E-state index in [1.54, 1.807) is 17.1 Å². The molecule has 1 aliphatic carbocycles. The fourth-order valence-corrected chi connectivity index (χ4v) is 7.02. The number of H-pyrrole nitrogens is 1. The molecular formula is C37H41FN4O12. The Labute approximate surface area is 308 Å². The number of esters is 2. The minimum atomic E-state index is -1.16. The Hall–Kier alpha value is -5.87. The van der Waals surface area contributed by atoms with Gasteiger partial charge in [0, 0.05) is 31.3 Å². The molecule has 3 atom stereocenters. The van der Waals surface area contributed by atoms with Crippen molar-refractivity contribution >= 4 is 23.8 Å². The zero-order valence-corrected chi connectivity index (χ0v) is 29.8. The van der Waals surface area contributed by atoms with E-state index in [4.69, 9.17) is 28.4 Å². The standard InChI is InChI=1S/C37H41FN4O12/c1-49-27-13-21(32-23-15-26-25(52-19-53-26)12-20(23)11-22-18-51-36(47)33(22)32)14-28(50-2)34(27)54-31(45)8-7-29(43)39-9-5-3-4-6-10-40-30(44)17-42-16-24(38)35(46)41-37(42)48/h12-16,22,32-33H,3-11,17-19H2,1-2H3,(H,39,43)(H,40,44)(H,41,46,48)/t22-,32+,33-/m0/s1. The highest BCUT2D eigenvalue weighted by molar-refractivity contribution is 5.83. The van der Waals surface area contributed by atoms with Crippen LogP contribution in [-0.4, -0.2) is 74.0 Å². The first-order valence-corrected chi connectivity index (χ1v) is 17.6. The maximum Gasteiger partial charge on any atom is 0.328 e. The molecule has 54 heavy (non-hydrogen) atoms. The van der Waals surface area contributed by atoms with Gasteiger partial charge in [0.05, 0.1) is 39.4 Å². The summed E-state index contributed by atoms with van der Waals surface area (Å²) in [6.45, 7) is 0.735. The third kappa shape index (κ3) is 8.50. The van der Waals surface area contributed by atoms with Crippen LogP contribution < -0.4 is 45.6 Å². The predicted molar refractivity (Wildman–Crippen MR) is 186 cm³/mol. The Balaban J connectivity index is 0.961. The number of carbonyl (C=O) groups excluding carboxylic acids is 4. The van der Waals surface area contributed by atoms with Gasteiger partial charge in [-0.2, -0.15) is 4.39 Å². The number of benzene rings is 2. The normalized spacial score (nSPS) is 17.9. The summed E-state index contributed by atoms with van der Waals surface area (Å²) in [5.41, 5.74) is 0.616. The zero-order valence-electron chi connectivity index (χ0n) is 29.8. The van der Waals surface area contributed by atoms with Crippen molar-refractivity contribution in [1.82, 2.24) is 20.2 Å². The molecule has 6 rings (SSSR count). The highest BCUT2D eigenvalue weighted by Crippen LogP contribution is 2.52. The van der Waals surface area contributed by atoms with Gasteiger partial charge >= 0.3 is 17.6 Å². The van der Waals surface area contributed by atoms with Crippen LogP contribution in [0.2, 0.25) is 0 Å². The first kappa shape index (κ1) is 37.9. The van der Waals surface area contributed by atoms with Gasteiger partial charge in [0.15, 0.2) is 23.0 Å². The van der Waals surface area contributed by atoms with Gasteiger partial charge < -0.3 is 39.1 Å². The number of nitrogens with one attached hydrogen (secondary N) is 3. The molecule has 2 amide bonds. The van der Waals surface area contributed by atoms with Crippen molar-refractivity contribution in [3.8, 4) is 28.7 Å². The monoisotopic (exact) mass is 752 g/mol. The maximum atomic E-state index is 13.4. The molecule has 3 aromatic rings. The summed E-state index contributed by atoms with van der Waals surface area (Å²) >= 11 is 0. The SMILES string of the molecule is COc1cc([C@@H]2c3cc4c(cc3C[C@H]3COC(=O)[C@@H]32)OCO4)cc(OC)c1OC(=O)CCC(=O)NCCCCCCNC(=O)Cn1cc(F)c(=O)[nH]c1=O. The fraction of sp³-hybridized carbons (Fsp3) is 0.459. The maximum absolute atomic E-state index is 13.4. The number of methoxy groups -OCH3 is 2. The summed E-state index contributed by atoms with van der Waals surface area (Å²) in [5.74, 6) is -2.10. The van der Waals surface area contributed by atoms with Crippen molar-refractivity contribution in [3.63, 3.8) is 0 Å². The van der Waals surface area contributed by atoms with Gasteiger partial charge in [-0.15, -0.1) is 0 Å². The molecule has 1 aromatic heterocycles. The number of hydrogen-bond donors (Lipinski definition) is 3. The highest BCUT2D eigenvalue weighted by atomic mass is 19.1. The van der Waals surface area contributed by atoms with Crippen LogP contribution in [0.1, 0.15) is 61.1 Å². The lowest BCUT2D eigenvalue weighted by molar-refractivity contribution is -0.141. The van der Waals surface area contributed by atoms with Gasteiger partial charge in [0.1, 0.15) is 6.54 Å². The van der Waals surface area contributed by atoms with Crippen LogP contribution >= 0.6 is 0 Å². The van der Waals surface area contributed by atoms with Crippen molar-refractivity contribution in [2.24, 2.45) is 11.8 Å². The van der Waals surface area contributed by atoms with Crippen molar-refractivity contribution in [1.29, 1.82) is 0 Å². The summed E-state index contributed by atoms with van der Waals surface area (Å²) in [7, 11) is 2.87. The average molecular weight is 753 g/mol. The number of ether oxygens (including phenoxy) is 6. The second-order valence-electron chi connectivity index (χ2n) is 13.2. The molecule has 16 nitrogen and oxygen atoms in total. The third-order valence-electron chi connectivity index (χ3n) is 9.67. The summed E-state index contributed by atoms with van der Waals surface area (Å²) in [6, 6.07) is 7.30. The van der Waals surface area contributed by atoms with Crippen LogP contribution in [-0.2, 0) is 36.9 Å². The second kappa shape index (κ2) is 16.9. The van der Waals surface area contributed by atoms with Gasteiger partial charge in [0.2, 0.25) is 30.2 Å². The first-order chi connectivity index (χ1) is 26.1. The summed E-state index contributed by atoms with van der Waals surface area (Å²) in [6.07, 6.45) is 3.86. The third-order valence-corrected chi connectivity index (χ3v) is 9.67. The van der Waals surface area contributed by atoms with E-state index in [2.05, 4.69) is 10.6 Å². The van der Waals surface area contributed by atoms with E-state index < -0.39 is 47.3 Å². The number of halogens is 1. The van der Waals surface area contributed by atoms with Crippen molar-refractivity contribution in [2.45, 2.75) is 57.4 Å². The van der Waals surface area contributed by atoms with Crippen molar-refractivity contribution < 1.29 is 52.0 Å². The predicted octanol–water partition coefficient (Wildman–Crippen LogP) is 2.08. The minimum absolute atomic E-state index is 0.0398. The van der Waals surface area contributed by atoms with E-state index >= 15 is 0 Å². The quantitative estimate of drug-likeness (QED) is 0.109. The van der Waals surface area contributed by atoms with Crippen LogP contribution in [0.5, 0.6) is 28.7 Å². The molecular weight excluding hydrogens is 711 g/mol. The molecule has 17 heteroatoms. The van der Waals surface area contributed by atoms with E-state index in [9.17, 15) is 33.2 Å². The Morgan fingerprint density at radius 2 is 1.56 bits per heavy atom. The summed E-state index contributed by atoms with van der Waals surface area (Å²) < 4.78 is 47.8.